The number of methoxy groups -OCH3 is 1. The minimum Gasteiger partial charge on any atom is -0.383 e. The molecule has 1 amide bonds. The summed E-state index contributed by atoms with van der Waals surface area (Å²) in [6, 6.07) is 7.03. The van der Waals surface area contributed by atoms with Gasteiger partial charge in [0.1, 0.15) is 5.25 Å². The number of amides is 1. The van der Waals surface area contributed by atoms with Crippen LogP contribution in [-0.2, 0) is 25.1 Å². The van der Waals surface area contributed by atoms with Crippen LogP contribution in [0.4, 0.5) is 0 Å². The van der Waals surface area contributed by atoms with Crippen LogP contribution in [0.3, 0.4) is 0 Å². The summed E-state index contributed by atoms with van der Waals surface area (Å²) in [7, 11) is -2.03. The second kappa shape index (κ2) is 7.75. The molecule has 0 aliphatic heterocycles. The average molecular weight is 364 g/mol. The van der Waals surface area contributed by atoms with E-state index in [0.717, 1.165) is 4.47 Å². The third-order valence-corrected chi connectivity index (χ3v) is 5.29. The first-order valence-electron chi connectivity index (χ1n) is 6.09. The van der Waals surface area contributed by atoms with Crippen molar-refractivity contribution in [3.63, 3.8) is 0 Å². The highest BCUT2D eigenvalue weighted by Crippen LogP contribution is 2.16. The Labute approximate surface area is 127 Å². The fraction of sp³-hybridized carbons (Fsp3) is 0.462. The Kier molecular flexibility index (Phi) is 6.64. The summed E-state index contributed by atoms with van der Waals surface area (Å²) < 4.78 is 30.0. The minimum absolute atomic E-state index is 0.161. The van der Waals surface area contributed by atoms with Crippen molar-refractivity contribution < 1.29 is 17.9 Å². The zero-order chi connectivity index (χ0) is 15.2. The van der Waals surface area contributed by atoms with Gasteiger partial charge < -0.3 is 10.1 Å². The van der Waals surface area contributed by atoms with Crippen molar-refractivity contribution in [2.24, 2.45) is 0 Å². The molecule has 0 heterocycles. The molecular weight excluding hydrogens is 346 g/mol. The van der Waals surface area contributed by atoms with Crippen LogP contribution in [0.1, 0.15) is 12.5 Å². The van der Waals surface area contributed by atoms with Gasteiger partial charge in [-0.05, 0) is 24.6 Å². The van der Waals surface area contributed by atoms with Crippen molar-refractivity contribution in [3.05, 3.63) is 34.3 Å². The van der Waals surface area contributed by atoms with Crippen molar-refractivity contribution in [2.75, 3.05) is 20.3 Å². The van der Waals surface area contributed by atoms with Gasteiger partial charge in [-0.15, -0.1) is 0 Å². The Morgan fingerprint density at radius 3 is 2.75 bits per heavy atom. The smallest absolute Gasteiger partial charge is 0.238 e. The van der Waals surface area contributed by atoms with Gasteiger partial charge in [-0.2, -0.15) is 0 Å². The van der Waals surface area contributed by atoms with Crippen LogP contribution < -0.4 is 5.32 Å². The first-order chi connectivity index (χ1) is 9.36. The Bertz CT molecular complexity index is 559. The number of ether oxygens (including phenoxy) is 1. The molecule has 20 heavy (non-hydrogen) atoms. The number of benzene rings is 1. The zero-order valence-electron chi connectivity index (χ0n) is 11.4. The van der Waals surface area contributed by atoms with Gasteiger partial charge >= 0.3 is 0 Å². The molecule has 0 unspecified atom stereocenters. The lowest BCUT2D eigenvalue weighted by atomic mass is 10.2. The predicted octanol–water partition coefficient (Wildman–Crippen LogP) is 1.51. The summed E-state index contributed by atoms with van der Waals surface area (Å²) in [5.74, 6) is -0.664. The molecule has 0 aliphatic carbocycles. The third kappa shape index (κ3) is 5.22. The summed E-state index contributed by atoms with van der Waals surface area (Å²) in [4.78, 5) is 11.8. The van der Waals surface area contributed by atoms with E-state index in [0.29, 0.717) is 18.7 Å². The van der Waals surface area contributed by atoms with E-state index in [1.807, 2.05) is 6.07 Å². The van der Waals surface area contributed by atoms with Gasteiger partial charge in [-0.3, -0.25) is 4.79 Å². The summed E-state index contributed by atoms with van der Waals surface area (Å²) in [5.41, 5.74) is 0.649. The first-order valence-corrected chi connectivity index (χ1v) is 8.60. The molecule has 112 valence electrons. The topological polar surface area (TPSA) is 72.5 Å². The number of carbonyl (C=O) groups excluding carboxylic acids is 1. The van der Waals surface area contributed by atoms with Gasteiger partial charge in [0.25, 0.3) is 0 Å². The lowest BCUT2D eigenvalue weighted by Gasteiger charge is -2.13. The molecule has 0 saturated heterocycles. The van der Waals surface area contributed by atoms with Crippen LogP contribution >= 0.6 is 15.9 Å². The molecule has 0 saturated carbocycles. The normalized spacial score (nSPS) is 12.9. The molecule has 7 heteroatoms. The van der Waals surface area contributed by atoms with E-state index in [4.69, 9.17) is 4.74 Å². The van der Waals surface area contributed by atoms with Gasteiger partial charge in [-0.1, -0.05) is 28.1 Å². The lowest BCUT2D eigenvalue weighted by molar-refractivity contribution is -0.120. The SMILES string of the molecule is COCCNC(=O)[C@@H](C)S(=O)(=O)Cc1cccc(Br)c1. The van der Waals surface area contributed by atoms with Crippen LogP contribution in [0, 0.1) is 0 Å². The lowest BCUT2D eigenvalue weighted by Crippen LogP contribution is -2.39. The van der Waals surface area contributed by atoms with Crippen LogP contribution in [0.15, 0.2) is 28.7 Å². The number of carbonyl (C=O) groups is 1. The summed E-state index contributed by atoms with van der Waals surface area (Å²) >= 11 is 3.29. The predicted molar refractivity (Wildman–Crippen MR) is 81.1 cm³/mol. The standard InChI is InChI=1S/C13H18BrNO4S/c1-10(13(16)15-6-7-19-2)20(17,18)9-11-4-3-5-12(14)8-11/h3-5,8,10H,6-7,9H2,1-2H3,(H,15,16)/t10-/m1/s1. The fourth-order valence-corrected chi connectivity index (χ4v) is 3.32. The number of hydrogen-bond acceptors (Lipinski definition) is 4. The molecule has 1 rings (SSSR count). The van der Waals surface area contributed by atoms with Crippen molar-refractivity contribution in [2.45, 2.75) is 17.9 Å². The maximum atomic E-state index is 12.2. The molecule has 0 aromatic heterocycles. The van der Waals surface area contributed by atoms with E-state index in [-0.39, 0.29) is 5.75 Å². The van der Waals surface area contributed by atoms with Crippen LogP contribution in [0.5, 0.6) is 0 Å². The summed E-state index contributed by atoms with van der Waals surface area (Å²) in [6.45, 7) is 2.05. The molecular formula is C13H18BrNO4S. The average Bonchev–Trinajstić information content (AvgIpc) is 2.37. The van der Waals surface area contributed by atoms with E-state index in [1.165, 1.54) is 14.0 Å². The van der Waals surface area contributed by atoms with Crippen molar-refractivity contribution >= 4 is 31.7 Å². The number of rotatable bonds is 7. The molecule has 1 aromatic rings. The van der Waals surface area contributed by atoms with E-state index < -0.39 is 21.0 Å². The van der Waals surface area contributed by atoms with E-state index in [9.17, 15) is 13.2 Å². The molecule has 1 aromatic carbocycles. The second-order valence-electron chi connectivity index (χ2n) is 4.36. The Morgan fingerprint density at radius 1 is 1.45 bits per heavy atom. The zero-order valence-corrected chi connectivity index (χ0v) is 13.8. The maximum Gasteiger partial charge on any atom is 0.238 e. The molecule has 5 nitrogen and oxygen atoms in total. The Balaban J connectivity index is 2.70. The van der Waals surface area contributed by atoms with Crippen molar-refractivity contribution in [3.8, 4) is 0 Å². The molecule has 0 spiro atoms. The molecule has 0 aliphatic rings. The summed E-state index contributed by atoms with van der Waals surface area (Å²) in [6.07, 6.45) is 0. The minimum atomic E-state index is -3.54. The highest BCUT2D eigenvalue weighted by molar-refractivity contribution is 9.10. The highest BCUT2D eigenvalue weighted by atomic mass is 79.9. The Hall–Kier alpha value is -0.920. The van der Waals surface area contributed by atoms with Crippen LogP contribution in [0.2, 0.25) is 0 Å². The first kappa shape index (κ1) is 17.1. The van der Waals surface area contributed by atoms with Gasteiger partial charge in [0.05, 0.1) is 12.4 Å². The molecule has 0 bridgehead atoms. The van der Waals surface area contributed by atoms with Gasteiger partial charge in [0, 0.05) is 18.1 Å². The largest absolute Gasteiger partial charge is 0.383 e. The number of hydrogen-bond donors (Lipinski definition) is 1. The van der Waals surface area contributed by atoms with Gasteiger partial charge in [0.15, 0.2) is 9.84 Å². The number of sulfone groups is 1. The second-order valence-corrected chi connectivity index (χ2v) is 7.60. The van der Waals surface area contributed by atoms with Gasteiger partial charge in [-0.25, -0.2) is 8.42 Å². The molecule has 0 fully saturated rings. The molecule has 1 atom stereocenters. The quantitative estimate of drug-likeness (QED) is 0.745. The Morgan fingerprint density at radius 2 is 2.15 bits per heavy atom. The van der Waals surface area contributed by atoms with E-state index >= 15 is 0 Å². The molecule has 1 N–H and O–H groups in total. The number of nitrogens with one attached hydrogen (secondary N) is 1. The molecule has 0 radical (unpaired) electrons. The maximum absolute atomic E-state index is 12.2. The van der Waals surface area contributed by atoms with Crippen LogP contribution in [0.25, 0.3) is 0 Å². The third-order valence-electron chi connectivity index (χ3n) is 2.77. The van der Waals surface area contributed by atoms with E-state index in [2.05, 4.69) is 21.2 Å². The van der Waals surface area contributed by atoms with E-state index in [1.54, 1.807) is 18.2 Å². The fourth-order valence-electron chi connectivity index (χ4n) is 1.57. The number of halogens is 1. The highest BCUT2D eigenvalue weighted by Gasteiger charge is 2.27. The van der Waals surface area contributed by atoms with Gasteiger partial charge in [0.2, 0.25) is 5.91 Å². The van der Waals surface area contributed by atoms with Crippen molar-refractivity contribution in [1.82, 2.24) is 5.32 Å². The monoisotopic (exact) mass is 363 g/mol. The summed E-state index contributed by atoms with van der Waals surface area (Å²) in [5, 5.41) is 1.45. The van der Waals surface area contributed by atoms with Crippen LogP contribution in [-0.4, -0.2) is 39.8 Å². The van der Waals surface area contributed by atoms with Crippen molar-refractivity contribution in [1.29, 1.82) is 0 Å².